The molecule has 0 bridgehead atoms. The van der Waals surface area contributed by atoms with Crippen molar-refractivity contribution in [2.75, 3.05) is 6.61 Å². The summed E-state index contributed by atoms with van der Waals surface area (Å²) in [6.45, 7) is 3.73. The molecular weight excluding hydrogens is 753 g/mol. The summed E-state index contributed by atoms with van der Waals surface area (Å²) in [4.78, 5) is 23.4. The van der Waals surface area contributed by atoms with Gasteiger partial charge in [-0.3, -0.25) is 13.8 Å². The van der Waals surface area contributed by atoms with E-state index in [9.17, 15) is 50.0 Å². The first kappa shape index (κ1) is 53.8. The molecule has 13 nitrogen and oxygen atoms in total. The van der Waals surface area contributed by atoms with Gasteiger partial charge in [0.15, 0.2) is 0 Å². The molecule has 0 aliphatic heterocycles. The van der Waals surface area contributed by atoms with Gasteiger partial charge in [-0.25, -0.2) is 4.57 Å². The van der Waals surface area contributed by atoms with E-state index in [1.54, 1.807) is 0 Å². The Balaban J connectivity index is 2.55. The number of phosphoric ester groups is 1. The summed E-state index contributed by atoms with van der Waals surface area (Å²) in [5, 5.41) is 74.5. The molecule has 0 aromatic rings. The zero-order valence-corrected chi connectivity index (χ0v) is 36.1. The Bertz CT molecular complexity index is 1080. The van der Waals surface area contributed by atoms with Crippen molar-refractivity contribution in [1.82, 2.24) is 5.32 Å². The molecule has 57 heavy (non-hydrogen) atoms. The number of carbonyl (C=O) groups excluding carboxylic acids is 1. The van der Waals surface area contributed by atoms with Gasteiger partial charge in [-0.15, -0.1) is 0 Å². The SMILES string of the molecule is CCCCC/C=C\C/C=C\CCCCCCCC(O)CC(=O)NC(COP(=O)(O)OC1C(O)C(O)C(O)C(O)C1O)C(O)CCCCCCCCCCCCCC. The van der Waals surface area contributed by atoms with E-state index >= 15 is 0 Å². The van der Waals surface area contributed by atoms with E-state index in [0.717, 1.165) is 77.0 Å². The van der Waals surface area contributed by atoms with Crippen molar-refractivity contribution in [2.45, 2.75) is 236 Å². The molecule has 0 spiro atoms. The molecule has 8 unspecified atom stereocenters. The van der Waals surface area contributed by atoms with E-state index in [-0.39, 0.29) is 12.8 Å². The normalized spacial score (nSPS) is 24.2. The highest BCUT2D eigenvalue weighted by Gasteiger charge is 2.51. The van der Waals surface area contributed by atoms with Crippen LogP contribution in [-0.2, 0) is 18.4 Å². The monoisotopic (exact) mass is 836 g/mol. The number of amides is 1. The highest BCUT2D eigenvalue weighted by molar-refractivity contribution is 7.47. The largest absolute Gasteiger partial charge is 0.472 e. The van der Waals surface area contributed by atoms with Gasteiger partial charge in [0.1, 0.15) is 36.6 Å². The van der Waals surface area contributed by atoms with Crippen LogP contribution in [0.25, 0.3) is 0 Å². The summed E-state index contributed by atoms with van der Waals surface area (Å²) in [7, 11) is -5.11. The number of hydrogen-bond donors (Lipinski definition) is 9. The molecule has 0 aromatic carbocycles. The molecule has 0 heterocycles. The number of carbonyl (C=O) groups is 1. The quantitative estimate of drug-likeness (QED) is 0.0180. The maximum absolute atomic E-state index is 13.0. The molecule has 9 N–H and O–H groups in total. The molecule has 1 aliphatic carbocycles. The lowest BCUT2D eigenvalue weighted by atomic mass is 9.85. The number of phosphoric acid groups is 1. The second-order valence-corrected chi connectivity index (χ2v) is 17.5. The molecule has 8 atom stereocenters. The first-order valence-electron chi connectivity index (χ1n) is 22.4. The Hall–Kier alpha value is -1.22. The summed E-state index contributed by atoms with van der Waals surface area (Å²) < 4.78 is 22.9. The van der Waals surface area contributed by atoms with Crippen molar-refractivity contribution in [3.8, 4) is 0 Å². The van der Waals surface area contributed by atoms with Gasteiger partial charge in [0.05, 0.1) is 31.3 Å². The molecular formula is C43H82NO12P. The topological polar surface area (TPSA) is 226 Å². The van der Waals surface area contributed by atoms with Crippen LogP contribution < -0.4 is 5.32 Å². The molecule has 1 aliphatic rings. The highest BCUT2D eigenvalue weighted by atomic mass is 31.2. The molecule has 1 amide bonds. The van der Waals surface area contributed by atoms with Crippen LogP contribution in [0.3, 0.4) is 0 Å². The van der Waals surface area contributed by atoms with Crippen molar-refractivity contribution in [3.05, 3.63) is 24.3 Å². The third kappa shape index (κ3) is 25.9. The fourth-order valence-electron chi connectivity index (χ4n) is 7.10. The minimum absolute atomic E-state index is 0.231. The van der Waals surface area contributed by atoms with E-state index < -0.39 is 75.2 Å². The zero-order chi connectivity index (χ0) is 42.3. The summed E-state index contributed by atoms with van der Waals surface area (Å²) in [6.07, 6.45) is 20.9. The standard InChI is InChI=1S/C43H82NO12P/c1-3-5-7-9-11-13-15-17-18-19-20-22-24-26-28-30-34(45)32-37(47)44-35(36(46)31-29-27-25-23-21-16-14-12-10-8-6-4-2)33-55-57(53,54)56-43-41(51)39(49)38(48)40(50)42(43)52/h11,13,17-18,34-36,38-43,45-46,48-52H,3-10,12,14-16,19-33H2,1-2H3,(H,44,47)(H,53,54)/b13-11-,18-17-. The minimum atomic E-state index is -5.11. The average Bonchev–Trinajstić information content (AvgIpc) is 3.18. The number of unbranched alkanes of at least 4 members (excludes halogenated alkanes) is 19. The Kier molecular flexibility index (Phi) is 31.6. The Morgan fingerprint density at radius 2 is 1.04 bits per heavy atom. The molecule has 0 saturated heterocycles. The van der Waals surface area contributed by atoms with Gasteiger partial charge in [0.2, 0.25) is 5.91 Å². The maximum atomic E-state index is 13.0. The van der Waals surface area contributed by atoms with Gasteiger partial charge < -0.3 is 46.0 Å². The predicted octanol–water partition coefficient (Wildman–Crippen LogP) is 6.81. The number of allylic oxidation sites excluding steroid dienone is 4. The maximum Gasteiger partial charge on any atom is 0.472 e. The van der Waals surface area contributed by atoms with Crippen molar-refractivity contribution in [1.29, 1.82) is 0 Å². The first-order chi connectivity index (χ1) is 27.3. The minimum Gasteiger partial charge on any atom is -0.393 e. The number of rotatable bonds is 36. The van der Waals surface area contributed by atoms with Crippen LogP contribution in [0, 0.1) is 0 Å². The van der Waals surface area contributed by atoms with Crippen LogP contribution in [0.2, 0.25) is 0 Å². The van der Waals surface area contributed by atoms with Gasteiger partial charge >= 0.3 is 7.82 Å². The second kappa shape index (κ2) is 33.5. The number of aliphatic hydroxyl groups excluding tert-OH is 7. The smallest absolute Gasteiger partial charge is 0.393 e. The van der Waals surface area contributed by atoms with E-state index in [0.29, 0.717) is 12.8 Å². The lowest BCUT2D eigenvalue weighted by Crippen LogP contribution is -2.64. The van der Waals surface area contributed by atoms with Crippen molar-refractivity contribution in [3.63, 3.8) is 0 Å². The van der Waals surface area contributed by atoms with Crippen molar-refractivity contribution < 1.29 is 59.0 Å². The number of nitrogens with one attached hydrogen (secondary N) is 1. The predicted molar refractivity (Wildman–Crippen MR) is 224 cm³/mol. The fraction of sp³-hybridized carbons (Fsp3) is 0.884. The third-order valence-corrected chi connectivity index (χ3v) is 11.8. The number of hydrogen-bond acceptors (Lipinski definition) is 11. The fourth-order valence-corrected chi connectivity index (χ4v) is 8.06. The summed E-state index contributed by atoms with van der Waals surface area (Å²) in [5.74, 6) is -0.570. The van der Waals surface area contributed by atoms with Crippen LogP contribution in [0.4, 0.5) is 0 Å². The molecule has 14 heteroatoms. The summed E-state index contributed by atoms with van der Waals surface area (Å²) in [6, 6.07) is -1.16. The Labute approximate surface area is 344 Å². The van der Waals surface area contributed by atoms with E-state index in [4.69, 9.17) is 9.05 Å². The average molecular weight is 836 g/mol. The van der Waals surface area contributed by atoms with Crippen molar-refractivity contribution >= 4 is 13.7 Å². The first-order valence-corrected chi connectivity index (χ1v) is 23.9. The zero-order valence-electron chi connectivity index (χ0n) is 35.3. The lowest BCUT2D eigenvalue weighted by Gasteiger charge is -2.41. The Morgan fingerprint density at radius 1 is 0.614 bits per heavy atom. The molecule has 1 saturated carbocycles. The Morgan fingerprint density at radius 3 is 1.56 bits per heavy atom. The summed E-state index contributed by atoms with van der Waals surface area (Å²) in [5.41, 5.74) is 0. The second-order valence-electron chi connectivity index (χ2n) is 16.1. The van der Waals surface area contributed by atoms with Crippen LogP contribution in [-0.4, -0.2) is 108 Å². The molecule has 0 radical (unpaired) electrons. The van der Waals surface area contributed by atoms with Crippen LogP contribution in [0.5, 0.6) is 0 Å². The van der Waals surface area contributed by atoms with E-state index in [1.165, 1.54) is 64.2 Å². The molecule has 0 aromatic heterocycles. The summed E-state index contributed by atoms with van der Waals surface area (Å²) >= 11 is 0. The van der Waals surface area contributed by atoms with Crippen LogP contribution >= 0.6 is 7.82 Å². The number of aliphatic hydroxyl groups is 7. The molecule has 1 fully saturated rings. The lowest BCUT2D eigenvalue weighted by molar-refractivity contribution is -0.220. The van der Waals surface area contributed by atoms with Crippen molar-refractivity contribution in [2.24, 2.45) is 0 Å². The van der Waals surface area contributed by atoms with Gasteiger partial charge in [0, 0.05) is 0 Å². The van der Waals surface area contributed by atoms with Gasteiger partial charge in [0.25, 0.3) is 0 Å². The van der Waals surface area contributed by atoms with E-state index in [1.807, 2.05) is 0 Å². The molecule has 336 valence electrons. The van der Waals surface area contributed by atoms with Crippen LogP contribution in [0.1, 0.15) is 181 Å². The third-order valence-electron chi connectivity index (χ3n) is 10.8. The van der Waals surface area contributed by atoms with E-state index in [2.05, 4.69) is 43.5 Å². The molecule has 1 rings (SSSR count). The van der Waals surface area contributed by atoms with Gasteiger partial charge in [-0.1, -0.05) is 154 Å². The van der Waals surface area contributed by atoms with Gasteiger partial charge in [-0.2, -0.15) is 0 Å². The van der Waals surface area contributed by atoms with Gasteiger partial charge in [-0.05, 0) is 44.9 Å². The van der Waals surface area contributed by atoms with Crippen LogP contribution in [0.15, 0.2) is 24.3 Å². The highest BCUT2D eigenvalue weighted by Crippen LogP contribution is 2.47.